The maximum absolute atomic E-state index is 4.32. The van der Waals surface area contributed by atoms with Crippen LogP contribution in [0.4, 0.5) is 0 Å². The molecule has 4 rings (SSSR count). The highest BCUT2D eigenvalue weighted by Gasteiger charge is 2.06. The summed E-state index contributed by atoms with van der Waals surface area (Å²) >= 11 is 0. The SMILES string of the molecule is c1cc(-c2ccn[nH]2)cc(-c2ccnc3ccnn23)c1. The number of nitrogens with zero attached hydrogens (tertiary/aromatic N) is 4. The molecular formula is C15H11N5. The van der Waals surface area contributed by atoms with E-state index in [0.29, 0.717) is 0 Å². The third-order valence-corrected chi connectivity index (χ3v) is 3.26. The van der Waals surface area contributed by atoms with E-state index in [2.05, 4.69) is 38.5 Å². The number of aromatic nitrogens is 5. The van der Waals surface area contributed by atoms with Gasteiger partial charge in [-0.2, -0.15) is 10.2 Å². The van der Waals surface area contributed by atoms with Gasteiger partial charge in [0.1, 0.15) is 0 Å². The molecule has 20 heavy (non-hydrogen) atoms. The minimum atomic E-state index is 0.842. The quantitative estimate of drug-likeness (QED) is 0.603. The monoisotopic (exact) mass is 261 g/mol. The van der Waals surface area contributed by atoms with Crippen molar-refractivity contribution in [1.29, 1.82) is 0 Å². The number of nitrogens with one attached hydrogen (secondary N) is 1. The summed E-state index contributed by atoms with van der Waals surface area (Å²) in [4.78, 5) is 4.28. The largest absolute Gasteiger partial charge is 0.278 e. The summed E-state index contributed by atoms with van der Waals surface area (Å²) in [6, 6.07) is 14.1. The Bertz CT molecular complexity index is 861. The van der Waals surface area contributed by atoms with E-state index in [0.717, 1.165) is 28.2 Å². The molecule has 3 aromatic heterocycles. The molecule has 0 saturated carbocycles. The van der Waals surface area contributed by atoms with Gasteiger partial charge in [0.15, 0.2) is 5.65 Å². The lowest BCUT2D eigenvalue weighted by Crippen LogP contribution is -1.95. The van der Waals surface area contributed by atoms with E-state index in [1.807, 2.05) is 28.8 Å². The first kappa shape index (κ1) is 10.9. The summed E-state index contributed by atoms with van der Waals surface area (Å²) in [6.45, 7) is 0. The molecule has 0 saturated heterocycles. The second kappa shape index (κ2) is 4.31. The lowest BCUT2D eigenvalue weighted by molar-refractivity contribution is 0.948. The average molecular weight is 261 g/mol. The Balaban J connectivity index is 1.91. The third kappa shape index (κ3) is 1.68. The van der Waals surface area contributed by atoms with E-state index in [4.69, 9.17) is 0 Å². The Kier molecular flexibility index (Phi) is 2.35. The molecule has 1 N–H and O–H groups in total. The summed E-state index contributed by atoms with van der Waals surface area (Å²) in [5.41, 5.74) is 5.04. The smallest absolute Gasteiger partial charge is 0.155 e. The molecule has 1 aromatic carbocycles. The number of fused-ring (bicyclic) bond motifs is 1. The van der Waals surface area contributed by atoms with E-state index in [1.54, 1.807) is 18.6 Å². The second-order valence-corrected chi connectivity index (χ2v) is 4.48. The molecule has 0 aliphatic heterocycles. The fraction of sp³-hybridized carbons (Fsp3) is 0. The van der Waals surface area contributed by atoms with Crippen molar-refractivity contribution in [2.24, 2.45) is 0 Å². The van der Waals surface area contributed by atoms with Gasteiger partial charge in [-0.1, -0.05) is 18.2 Å². The summed E-state index contributed by atoms with van der Waals surface area (Å²) < 4.78 is 1.84. The molecule has 0 bridgehead atoms. The van der Waals surface area contributed by atoms with Gasteiger partial charge < -0.3 is 0 Å². The molecule has 3 heterocycles. The van der Waals surface area contributed by atoms with Gasteiger partial charge in [-0.15, -0.1) is 0 Å². The Hall–Kier alpha value is -2.95. The van der Waals surface area contributed by atoms with E-state index < -0.39 is 0 Å². The highest BCUT2D eigenvalue weighted by Crippen LogP contribution is 2.24. The van der Waals surface area contributed by atoms with Crippen molar-refractivity contribution in [3.05, 3.63) is 61.1 Å². The van der Waals surface area contributed by atoms with Crippen LogP contribution < -0.4 is 0 Å². The van der Waals surface area contributed by atoms with Gasteiger partial charge in [0.25, 0.3) is 0 Å². The molecule has 0 amide bonds. The molecule has 5 nitrogen and oxygen atoms in total. The minimum absolute atomic E-state index is 0.842. The van der Waals surface area contributed by atoms with Crippen LogP contribution in [-0.2, 0) is 0 Å². The molecule has 5 heteroatoms. The molecule has 0 aliphatic rings. The van der Waals surface area contributed by atoms with Crippen molar-refractivity contribution in [3.8, 4) is 22.5 Å². The van der Waals surface area contributed by atoms with Crippen LogP contribution in [0.5, 0.6) is 0 Å². The highest BCUT2D eigenvalue weighted by atomic mass is 15.2. The van der Waals surface area contributed by atoms with Crippen molar-refractivity contribution in [2.75, 3.05) is 0 Å². The van der Waals surface area contributed by atoms with Crippen LogP contribution >= 0.6 is 0 Å². The normalized spacial score (nSPS) is 11.0. The Labute approximate surface area is 114 Å². The standard InChI is InChI=1S/C15H11N5/c1-2-11(13-4-8-17-19-13)10-12(3-1)14-5-7-16-15-6-9-18-20(14)15/h1-10H,(H,17,19). The first-order valence-electron chi connectivity index (χ1n) is 6.31. The summed E-state index contributed by atoms with van der Waals surface area (Å²) in [6.07, 6.45) is 5.31. The average Bonchev–Trinajstić information content (AvgIpc) is 3.18. The van der Waals surface area contributed by atoms with E-state index in [-0.39, 0.29) is 0 Å². The van der Waals surface area contributed by atoms with Crippen molar-refractivity contribution in [3.63, 3.8) is 0 Å². The van der Waals surface area contributed by atoms with Crippen molar-refractivity contribution in [2.45, 2.75) is 0 Å². The predicted molar refractivity (Wildman–Crippen MR) is 76.0 cm³/mol. The zero-order valence-electron chi connectivity index (χ0n) is 10.6. The fourth-order valence-electron chi connectivity index (χ4n) is 2.32. The maximum Gasteiger partial charge on any atom is 0.155 e. The fourth-order valence-corrected chi connectivity index (χ4v) is 2.32. The molecule has 4 aromatic rings. The van der Waals surface area contributed by atoms with Crippen molar-refractivity contribution < 1.29 is 0 Å². The number of hydrogen-bond donors (Lipinski definition) is 1. The van der Waals surface area contributed by atoms with Crippen molar-refractivity contribution >= 4 is 5.65 Å². The van der Waals surface area contributed by atoms with Gasteiger partial charge in [-0.3, -0.25) is 5.10 Å². The van der Waals surface area contributed by atoms with Crippen molar-refractivity contribution in [1.82, 2.24) is 24.8 Å². The first-order valence-corrected chi connectivity index (χ1v) is 6.31. The van der Waals surface area contributed by atoms with Crippen LogP contribution in [0.2, 0.25) is 0 Å². The summed E-state index contributed by atoms with van der Waals surface area (Å²) in [5, 5.41) is 11.3. The third-order valence-electron chi connectivity index (χ3n) is 3.26. The predicted octanol–water partition coefficient (Wildman–Crippen LogP) is 2.79. The molecular weight excluding hydrogens is 250 g/mol. The van der Waals surface area contributed by atoms with Crippen LogP contribution in [-0.4, -0.2) is 24.8 Å². The van der Waals surface area contributed by atoms with Crippen LogP contribution in [0.15, 0.2) is 61.1 Å². The zero-order chi connectivity index (χ0) is 13.4. The number of H-pyrrole nitrogens is 1. The number of benzene rings is 1. The van der Waals surface area contributed by atoms with E-state index in [9.17, 15) is 0 Å². The summed E-state index contributed by atoms with van der Waals surface area (Å²) in [5.74, 6) is 0. The van der Waals surface area contributed by atoms with Gasteiger partial charge in [-0.25, -0.2) is 9.50 Å². The summed E-state index contributed by atoms with van der Waals surface area (Å²) in [7, 11) is 0. The van der Waals surface area contributed by atoms with Gasteiger partial charge in [0.05, 0.1) is 17.6 Å². The first-order chi connectivity index (χ1) is 9.92. The molecule has 0 atom stereocenters. The van der Waals surface area contributed by atoms with Crippen LogP contribution in [0.1, 0.15) is 0 Å². The van der Waals surface area contributed by atoms with E-state index >= 15 is 0 Å². The van der Waals surface area contributed by atoms with Crippen LogP contribution in [0.3, 0.4) is 0 Å². The lowest BCUT2D eigenvalue weighted by Gasteiger charge is -2.06. The lowest BCUT2D eigenvalue weighted by atomic mass is 10.1. The van der Waals surface area contributed by atoms with Gasteiger partial charge in [0.2, 0.25) is 0 Å². The Morgan fingerprint density at radius 1 is 0.900 bits per heavy atom. The van der Waals surface area contributed by atoms with Gasteiger partial charge in [-0.05, 0) is 18.2 Å². The van der Waals surface area contributed by atoms with Gasteiger partial charge >= 0.3 is 0 Å². The number of hydrogen-bond acceptors (Lipinski definition) is 3. The van der Waals surface area contributed by atoms with Gasteiger partial charge in [0, 0.05) is 29.6 Å². The maximum atomic E-state index is 4.32. The molecule has 0 radical (unpaired) electrons. The minimum Gasteiger partial charge on any atom is -0.278 e. The number of aromatic amines is 1. The Morgan fingerprint density at radius 3 is 2.75 bits per heavy atom. The topological polar surface area (TPSA) is 58.9 Å². The number of rotatable bonds is 2. The molecule has 0 spiro atoms. The molecule has 0 aliphatic carbocycles. The van der Waals surface area contributed by atoms with Crippen LogP contribution in [0, 0.1) is 0 Å². The second-order valence-electron chi connectivity index (χ2n) is 4.48. The van der Waals surface area contributed by atoms with E-state index in [1.165, 1.54) is 0 Å². The Morgan fingerprint density at radius 2 is 1.85 bits per heavy atom. The van der Waals surface area contributed by atoms with Crippen LogP contribution in [0.25, 0.3) is 28.2 Å². The highest BCUT2D eigenvalue weighted by molar-refractivity contribution is 5.70. The zero-order valence-corrected chi connectivity index (χ0v) is 10.6. The molecule has 96 valence electrons. The molecule has 0 fully saturated rings. The molecule has 0 unspecified atom stereocenters.